The fourth-order valence-corrected chi connectivity index (χ4v) is 1.22. The quantitative estimate of drug-likeness (QED) is 0.777. The molecule has 0 aliphatic heterocycles. The van der Waals surface area contributed by atoms with Crippen LogP contribution in [0.4, 0.5) is 5.82 Å². The van der Waals surface area contributed by atoms with E-state index in [2.05, 4.69) is 24.1 Å². The Morgan fingerprint density at radius 3 is 2.94 bits per heavy atom. The van der Waals surface area contributed by atoms with Crippen molar-refractivity contribution in [3.8, 4) is 0 Å². The molecule has 0 saturated carbocycles. The van der Waals surface area contributed by atoms with Gasteiger partial charge in [-0.1, -0.05) is 13.8 Å². The highest BCUT2D eigenvalue weighted by Gasteiger charge is 2.12. The van der Waals surface area contributed by atoms with Gasteiger partial charge in [0, 0.05) is 12.7 Å². The second-order valence-corrected chi connectivity index (χ2v) is 3.89. The zero-order valence-electron chi connectivity index (χ0n) is 9.99. The molecule has 1 rings (SSSR count). The number of carbonyl (C=O) groups excluding carboxylic acids is 1. The monoisotopic (exact) mass is 222 g/mol. The second-order valence-electron chi connectivity index (χ2n) is 3.89. The van der Waals surface area contributed by atoms with E-state index < -0.39 is 0 Å². The van der Waals surface area contributed by atoms with E-state index in [1.54, 1.807) is 25.3 Å². The van der Waals surface area contributed by atoms with Crippen LogP contribution in [-0.2, 0) is 4.74 Å². The molecule has 0 aliphatic carbocycles. The molecule has 88 valence electrons. The smallest absolute Gasteiger partial charge is 0.341 e. The van der Waals surface area contributed by atoms with E-state index in [9.17, 15) is 4.79 Å². The highest BCUT2D eigenvalue weighted by atomic mass is 16.5. The minimum Gasteiger partial charge on any atom is -0.462 e. The minimum atomic E-state index is -0.332. The fourth-order valence-electron chi connectivity index (χ4n) is 1.22. The molecular weight excluding hydrogens is 204 g/mol. The summed E-state index contributed by atoms with van der Waals surface area (Å²) in [5.41, 5.74) is 0.491. The summed E-state index contributed by atoms with van der Waals surface area (Å²) in [5.74, 6) is 0.758. The molecule has 0 saturated heterocycles. The van der Waals surface area contributed by atoms with Crippen LogP contribution in [-0.4, -0.2) is 24.1 Å². The van der Waals surface area contributed by atoms with Gasteiger partial charge in [0.1, 0.15) is 11.4 Å². The molecule has 0 atom stereocenters. The van der Waals surface area contributed by atoms with E-state index in [4.69, 9.17) is 4.74 Å². The number of pyridine rings is 1. The van der Waals surface area contributed by atoms with Gasteiger partial charge in [0.25, 0.3) is 0 Å². The average Bonchev–Trinajstić information content (AvgIpc) is 2.27. The van der Waals surface area contributed by atoms with E-state index in [1.807, 2.05) is 0 Å². The van der Waals surface area contributed by atoms with Gasteiger partial charge < -0.3 is 10.1 Å². The first kappa shape index (κ1) is 12.5. The Hall–Kier alpha value is -1.58. The van der Waals surface area contributed by atoms with Crippen molar-refractivity contribution in [1.29, 1.82) is 0 Å². The number of nitrogens with one attached hydrogen (secondary N) is 1. The predicted octanol–water partition coefficient (Wildman–Crippen LogP) is 2.33. The largest absolute Gasteiger partial charge is 0.462 e. The lowest BCUT2D eigenvalue weighted by atomic mass is 10.2. The molecule has 16 heavy (non-hydrogen) atoms. The van der Waals surface area contributed by atoms with Crippen molar-refractivity contribution in [2.45, 2.75) is 20.8 Å². The number of esters is 1. The summed E-state index contributed by atoms with van der Waals surface area (Å²) in [5, 5.41) is 3.14. The number of carbonyl (C=O) groups is 1. The van der Waals surface area contributed by atoms with Crippen LogP contribution in [0.2, 0.25) is 0 Å². The third-order valence-corrected chi connectivity index (χ3v) is 1.98. The Bertz CT molecular complexity index is 351. The van der Waals surface area contributed by atoms with Crippen LogP contribution in [0.1, 0.15) is 31.1 Å². The molecule has 1 aromatic heterocycles. The summed E-state index contributed by atoms with van der Waals surface area (Å²) in [4.78, 5) is 15.7. The van der Waals surface area contributed by atoms with Crippen LogP contribution >= 0.6 is 0 Å². The summed E-state index contributed by atoms with van der Waals surface area (Å²) < 4.78 is 4.96. The number of nitrogens with zero attached hydrogens (tertiary/aromatic N) is 1. The summed E-state index contributed by atoms with van der Waals surface area (Å²) in [7, 11) is 0. The molecular formula is C12H18N2O2. The molecule has 0 fully saturated rings. The van der Waals surface area contributed by atoms with Gasteiger partial charge in [-0.2, -0.15) is 0 Å². The van der Waals surface area contributed by atoms with E-state index in [0.29, 0.717) is 23.9 Å². The van der Waals surface area contributed by atoms with Crippen molar-refractivity contribution in [2.24, 2.45) is 5.92 Å². The summed E-state index contributed by atoms with van der Waals surface area (Å²) in [6.45, 7) is 7.14. The van der Waals surface area contributed by atoms with Crippen molar-refractivity contribution in [1.82, 2.24) is 4.98 Å². The van der Waals surface area contributed by atoms with Gasteiger partial charge in [0.15, 0.2) is 0 Å². The van der Waals surface area contributed by atoms with Gasteiger partial charge >= 0.3 is 5.97 Å². The highest BCUT2D eigenvalue weighted by Crippen LogP contribution is 2.13. The molecule has 1 heterocycles. The van der Waals surface area contributed by atoms with Crippen molar-refractivity contribution in [3.63, 3.8) is 0 Å². The summed E-state index contributed by atoms with van der Waals surface area (Å²) in [6.07, 6.45) is 1.66. The average molecular weight is 222 g/mol. The topological polar surface area (TPSA) is 51.2 Å². The van der Waals surface area contributed by atoms with Crippen molar-refractivity contribution in [2.75, 3.05) is 18.5 Å². The summed E-state index contributed by atoms with van der Waals surface area (Å²) in [6, 6.07) is 3.44. The second kappa shape index (κ2) is 6.10. The summed E-state index contributed by atoms with van der Waals surface area (Å²) >= 11 is 0. The highest BCUT2D eigenvalue weighted by molar-refractivity contribution is 5.94. The zero-order valence-corrected chi connectivity index (χ0v) is 9.99. The third-order valence-electron chi connectivity index (χ3n) is 1.98. The van der Waals surface area contributed by atoms with Gasteiger partial charge in [-0.05, 0) is 25.0 Å². The standard InChI is InChI=1S/C12H18N2O2/c1-4-16-12(15)10-6-5-7-13-11(10)14-8-9(2)3/h5-7,9H,4,8H2,1-3H3,(H,13,14). The maximum atomic E-state index is 11.6. The number of anilines is 1. The Morgan fingerprint density at radius 2 is 2.31 bits per heavy atom. The molecule has 4 nitrogen and oxygen atoms in total. The van der Waals surface area contributed by atoms with E-state index >= 15 is 0 Å². The Kier molecular flexibility index (Phi) is 4.76. The Labute approximate surface area is 96.0 Å². The van der Waals surface area contributed by atoms with Gasteiger partial charge in [0.2, 0.25) is 0 Å². The number of hydrogen-bond acceptors (Lipinski definition) is 4. The van der Waals surface area contributed by atoms with Crippen LogP contribution in [0.5, 0.6) is 0 Å². The lowest BCUT2D eigenvalue weighted by molar-refractivity contribution is 0.0527. The van der Waals surface area contributed by atoms with Crippen molar-refractivity contribution < 1.29 is 9.53 Å². The fraction of sp³-hybridized carbons (Fsp3) is 0.500. The van der Waals surface area contributed by atoms with E-state index in [0.717, 1.165) is 6.54 Å². The minimum absolute atomic E-state index is 0.332. The molecule has 0 aliphatic rings. The third kappa shape index (κ3) is 3.53. The number of hydrogen-bond donors (Lipinski definition) is 1. The zero-order chi connectivity index (χ0) is 12.0. The van der Waals surface area contributed by atoms with Crippen LogP contribution in [0, 0.1) is 5.92 Å². The number of aromatic nitrogens is 1. The van der Waals surface area contributed by atoms with Gasteiger partial charge in [-0.25, -0.2) is 9.78 Å². The SMILES string of the molecule is CCOC(=O)c1cccnc1NCC(C)C. The number of rotatable bonds is 5. The molecule has 0 unspecified atom stereocenters. The normalized spacial score (nSPS) is 10.2. The lowest BCUT2D eigenvalue weighted by Crippen LogP contribution is -2.14. The molecule has 0 aromatic carbocycles. The van der Waals surface area contributed by atoms with E-state index in [1.165, 1.54) is 0 Å². The Balaban J connectivity index is 2.78. The molecule has 4 heteroatoms. The van der Waals surface area contributed by atoms with Gasteiger partial charge in [-0.15, -0.1) is 0 Å². The molecule has 0 spiro atoms. The van der Waals surface area contributed by atoms with Crippen molar-refractivity contribution >= 4 is 11.8 Å². The van der Waals surface area contributed by atoms with Gasteiger partial charge in [0.05, 0.1) is 6.61 Å². The molecule has 0 radical (unpaired) electrons. The van der Waals surface area contributed by atoms with Crippen LogP contribution in [0.25, 0.3) is 0 Å². The first-order valence-corrected chi connectivity index (χ1v) is 5.51. The lowest BCUT2D eigenvalue weighted by Gasteiger charge is -2.11. The van der Waals surface area contributed by atoms with Crippen LogP contribution in [0.15, 0.2) is 18.3 Å². The van der Waals surface area contributed by atoms with Crippen molar-refractivity contribution in [3.05, 3.63) is 23.9 Å². The number of ether oxygens (including phenoxy) is 1. The van der Waals surface area contributed by atoms with Crippen LogP contribution in [0.3, 0.4) is 0 Å². The molecule has 1 N–H and O–H groups in total. The first-order valence-electron chi connectivity index (χ1n) is 5.51. The van der Waals surface area contributed by atoms with Gasteiger partial charge in [-0.3, -0.25) is 0 Å². The maximum absolute atomic E-state index is 11.6. The molecule has 0 bridgehead atoms. The maximum Gasteiger partial charge on any atom is 0.341 e. The molecule has 0 amide bonds. The van der Waals surface area contributed by atoms with E-state index in [-0.39, 0.29) is 5.97 Å². The predicted molar refractivity (Wildman–Crippen MR) is 63.5 cm³/mol. The Morgan fingerprint density at radius 1 is 1.56 bits per heavy atom. The molecule has 1 aromatic rings. The first-order chi connectivity index (χ1) is 7.65. The van der Waals surface area contributed by atoms with Crippen LogP contribution < -0.4 is 5.32 Å².